The van der Waals surface area contributed by atoms with Gasteiger partial charge in [0.25, 0.3) is 5.91 Å². The summed E-state index contributed by atoms with van der Waals surface area (Å²) in [5.41, 5.74) is 1.82. The number of aromatic nitrogens is 2. The van der Waals surface area contributed by atoms with Crippen molar-refractivity contribution in [2.24, 2.45) is 0 Å². The highest BCUT2D eigenvalue weighted by molar-refractivity contribution is 7.99. The summed E-state index contributed by atoms with van der Waals surface area (Å²) in [4.78, 5) is 46.5. The van der Waals surface area contributed by atoms with E-state index in [2.05, 4.69) is 20.6 Å². The Hall–Kier alpha value is -3.34. The normalized spacial score (nSPS) is 11.4. The minimum atomic E-state index is -0.750. The number of nitrogens with one attached hydrogen (secondary N) is 2. The number of carbonyl (C=O) groups excluding carboxylic acids is 3. The molecule has 2 aromatic heterocycles. The number of carbonyl (C=O) groups is 3. The number of pyridine rings is 2. The van der Waals surface area contributed by atoms with Crippen LogP contribution in [-0.4, -0.2) is 53.3 Å². The molecule has 3 aromatic rings. The van der Waals surface area contributed by atoms with Crippen LogP contribution in [0.25, 0.3) is 0 Å². The third-order valence-corrected chi connectivity index (χ3v) is 7.19. The van der Waals surface area contributed by atoms with Crippen molar-refractivity contribution in [3.8, 4) is 0 Å². The zero-order valence-corrected chi connectivity index (χ0v) is 24.0. The average molecular weight is 592 g/mol. The zero-order chi connectivity index (χ0) is 28.4. The van der Waals surface area contributed by atoms with E-state index in [1.807, 2.05) is 6.92 Å². The van der Waals surface area contributed by atoms with E-state index in [0.717, 1.165) is 17.7 Å². The van der Waals surface area contributed by atoms with Gasteiger partial charge in [-0.2, -0.15) is 0 Å². The second kappa shape index (κ2) is 14.7. The van der Waals surface area contributed by atoms with Gasteiger partial charge in [-0.05, 0) is 42.9 Å². The summed E-state index contributed by atoms with van der Waals surface area (Å²) in [6.07, 6.45) is 5.33. The molecule has 1 amide bonds. The van der Waals surface area contributed by atoms with E-state index in [1.165, 1.54) is 37.5 Å². The Bertz CT molecular complexity index is 1300. The van der Waals surface area contributed by atoms with Gasteiger partial charge in [0, 0.05) is 35.6 Å². The fraction of sp³-hybridized carbons (Fsp3) is 0.296. The molecule has 12 heteroatoms. The van der Waals surface area contributed by atoms with Crippen LogP contribution < -0.4 is 10.6 Å². The summed E-state index contributed by atoms with van der Waals surface area (Å²) >= 11 is 13.7. The third-order valence-electron chi connectivity index (χ3n) is 5.36. The quantitative estimate of drug-likeness (QED) is 0.196. The first-order valence-corrected chi connectivity index (χ1v) is 13.8. The van der Waals surface area contributed by atoms with Crippen molar-refractivity contribution in [3.05, 3.63) is 75.7 Å². The summed E-state index contributed by atoms with van der Waals surface area (Å²) in [5, 5.41) is 6.18. The molecule has 0 saturated carbocycles. The monoisotopic (exact) mass is 590 g/mol. The van der Waals surface area contributed by atoms with Crippen LogP contribution >= 0.6 is 35.0 Å². The van der Waals surface area contributed by atoms with Crippen LogP contribution in [-0.2, 0) is 20.7 Å². The van der Waals surface area contributed by atoms with Gasteiger partial charge >= 0.3 is 11.9 Å². The van der Waals surface area contributed by atoms with Crippen LogP contribution in [0.5, 0.6) is 0 Å². The first-order chi connectivity index (χ1) is 18.8. The summed E-state index contributed by atoms with van der Waals surface area (Å²) in [6, 6.07) is 7.97. The number of anilines is 2. The second-order valence-corrected chi connectivity index (χ2v) is 10.1. The van der Waals surface area contributed by atoms with E-state index in [-0.39, 0.29) is 28.6 Å². The number of hydrogen-bond donors (Lipinski definition) is 2. The first-order valence-electron chi connectivity index (χ1n) is 12.1. The highest BCUT2D eigenvalue weighted by Gasteiger charge is 2.23. The Morgan fingerprint density at radius 1 is 1.05 bits per heavy atom. The van der Waals surface area contributed by atoms with Crippen molar-refractivity contribution in [2.45, 2.75) is 37.6 Å². The number of ether oxygens (including phenoxy) is 2. The maximum Gasteiger partial charge on any atom is 0.340 e. The number of methoxy groups -OCH3 is 1. The molecule has 3 rings (SSSR count). The SMILES string of the molecule is CCCSc1cc(NC(Cc2ccc(NC(=O)c3c(Cl)cncc3Cl)cc2)C(=O)OCC)ncc1C(=O)OC. The fourth-order valence-electron chi connectivity index (χ4n) is 3.51. The molecular formula is C27H28Cl2N4O5S. The first kappa shape index (κ1) is 30.2. The molecular weight excluding hydrogens is 563 g/mol. The van der Waals surface area contributed by atoms with E-state index in [4.69, 9.17) is 32.7 Å². The van der Waals surface area contributed by atoms with Crippen LogP contribution in [0.15, 0.2) is 53.8 Å². The minimum Gasteiger partial charge on any atom is -0.465 e. The van der Waals surface area contributed by atoms with Gasteiger partial charge in [-0.1, -0.05) is 42.3 Å². The summed E-state index contributed by atoms with van der Waals surface area (Å²) < 4.78 is 10.1. The number of nitrogens with zero attached hydrogens (tertiary/aromatic N) is 2. The second-order valence-electron chi connectivity index (χ2n) is 8.19. The van der Waals surface area contributed by atoms with E-state index >= 15 is 0 Å². The van der Waals surface area contributed by atoms with Crippen LogP contribution in [0.1, 0.15) is 46.5 Å². The van der Waals surface area contributed by atoms with Crippen molar-refractivity contribution >= 4 is 64.3 Å². The largest absolute Gasteiger partial charge is 0.465 e. The molecule has 0 aliphatic carbocycles. The van der Waals surface area contributed by atoms with Crippen LogP contribution in [0, 0.1) is 0 Å². The predicted octanol–water partition coefficient (Wildman–Crippen LogP) is 5.91. The zero-order valence-electron chi connectivity index (χ0n) is 21.6. The molecule has 0 spiro atoms. The number of thioether (sulfide) groups is 1. The number of esters is 2. The van der Waals surface area contributed by atoms with Crippen molar-refractivity contribution in [2.75, 3.05) is 30.1 Å². The average Bonchev–Trinajstić information content (AvgIpc) is 2.92. The van der Waals surface area contributed by atoms with Gasteiger partial charge in [0.2, 0.25) is 0 Å². The molecule has 0 radical (unpaired) electrons. The Morgan fingerprint density at radius 3 is 2.36 bits per heavy atom. The Balaban J connectivity index is 1.77. The van der Waals surface area contributed by atoms with Crippen molar-refractivity contribution < 1.29 is 23.9 Å². The van der Waals surface area contributed by atoms with Crippen molar-refractivity contribution in [1.82, 2.24) is 9.97 Å². The number of hydrogen-bond acceptors (Lipinski definition) is 9. The predicted molar refractivity (Wildman–Crippen MR) is 153 cm³/mol. The topological polar surface area (TPSA) is 120 Å². The van der Waals surface area contributed by atoms with Crippen LogP contribution in [0.4, 0.5) is 11.5 Å². The molecule has 9 nitrogen and oxygen atoms in total. The van der Waals surface area contributed by atoms with Gasteiger partial charge in [-0.3, -0.25) is 9.78 Å². The van der Waals surface area contributed by atoms with Crippen LogP contribution in [0.2, 0.25) is 10.0 Å². The number of halogens is 2. The number of rotatable bonds is 12. The van der Waals surface area contributed by atoms with E-state index in [9.17, 15) is 14.4 Å². The number of benzene rings is 1. The Morgan fingerprint density at radius 2 is 1.74 bits per heavy atom. The molecule has 0 saturated heterocycles. The van der Waals surface area contributed by atoms with Gasteiger partial charge in [-0.25, -0.2) is 14.6 Å². The van der Waals surface area contributed by atoms with Gasteiger partial charge in [-0.15, -0.1) is 11.8 Å². The lowest BCUT2D eigenvalue weighted by atomic mass is 10.1. The maximum atomic E-state index is 12.8. The van der Waals surface area contributed by atoms with E-state index < -0.39 is 23.9 Å². The summed E-state index contributed by atoms with van der Waals surface area (Å²) in [6.45, 7) is 3.99. The molecule has 1 unspecified atom stereocenters. The van der Waals surface area contributed by atoms with Gasteiger partial charge < -0.3 is 20.1 Å². The molecule has 0 fully saturated rings. The van der Waals surface area contributed by atoms with E-state index in [1.54, 1.807) is 37.3 Å². The third kappa shape index (κ3) is 8.32. The molecule has 2 heterocycles. The van der Waals surface area contributed by atoms with Gasteiger partial charge in [0.15, 0.2) is 0 Å². The lowest BCUT2D eigenvalue weighted by Crippen LogP contribution is -2.34. The molecule has 2 N–H and O–H groups in total. The smallest absolute Gasteiger partial charge is 0.340 e. The lowest BCUT2D eigenvalue weighted by molar-refractivity contribution is -0.144. The molecule has 39 heavy (non-hydrogen) atoms. The van der Waals surface area contributed by atoms with Crippen molar-refractivity contribution in [1.29, 1.82) is 0 Å². The Kier molecular flexibility index (Phi) is 11.4. The molecule has 1 atom stereocenters. The highest BCUT2D eigenvalue weighted by Crippen LogP contribution is 2.27. The molecule has 1 aromatic carbocycles. The molecule has 0 aliphatic heterocycles. The minimum absolute atomic E-state index is 0.131. The standard InChI is InChI=1S/C27H28Cl2N4O5S/c1-4-10-39-22-12-23(31-13-18(22)26(35)37-3)33-21(27(36)38-5-2)11-16-6-8-17(9-7-16)32-25(34)24-19(28)14-30-15-20(24)29/h6-9,12-15,21H,4-5,10-11H2,1-3H3,(H,31,33)(H,32,34). The van der Waals surface area contributed by atoms with Crippen LogP contribution in [0.3, 0.4) is 0 Å². The van der Waals surface area contributed by atoms with E-state index in [0.29, 0.717) is 22.0 Å². The lowest BCUT2D eigenvalue weighted by Gasteiger charge is -2.19. The maximum absolute atomic E-state index is 12.8. The summed E-state index contributed by atoms with van der Waals surface area (Å²) in [5.74, 6) is -0.163. The molecule has 0 bridgehead atoms. The summed E-state index contributed by atoms with van der Waals surface area (Å²) in [7, 11) is 1.32. The highest BCUT2D eigenvalue weighted by atomic mass is 35.5. The molecule has 0 aliphatic rings. The van der Waals surface area contributed by atoms with Gasteiger partial charge in [0.05, 0.1) is 34.9 Å². The van der Waals surface area contributed by atoms with Crippen molar-refractivity contribution in [3.63, 3.8) is 0 Å². The number of amides is 1. The molecule has 206 valence electrons. The fourth-order valence-corrected chi connectivity index (χ4v) is 4.95. The van der Waals surface area contributed by atoms with Gasteiger partial charge in [0.1, 0.15) is 11.9 Å². The Labute approximate surface area is 241 Å².